The second kappa shape index (κ2) is 10.0. The molecule has 3 aromatic rings. The highest BCUT2D eigenvalue weighted by Crippen LogP contribution is 2.27. The van der Waals surface area contributed by atoms with Crippen molar-refractivity contribution in [3.63, 3.8) is 0 Å². The van der Waals surface area contributed by atoms with Crippen LogP contribution < -0.4 is 5.32 Å². The second-order valence-corrected chi connectivity index (χ2v) is 7.74. The summed E-state index contributed by atoms with van der Waals surface area (Å²) in [5.74, 6) is 0.221. The van der Waals surface area contributed by atoms with Crippen molar-refractivity contribution in [1.29, 1.82) is 0 Å². The van der Waals surface area contributed by atoms with Crippen molar-refractivity contribution >= 4 is 17.5 Å². The maximum atomic E-state index is 12.6. The van der Waals surface area contributed by atoms with Gasteiger partial charge in [0.05, 0.1) is 11.4 Å². The van der Waals surface area contributed by atoms with E-state index in [1.165, 1.54) is 5.56 Å². The molecule has 3 rings (SSSR count). The lowest BCUT2D eigenvalue weighted by atomic mass is 10.0. The number of anilines is 1. The summed E-state index contributed by atoms with van der Waals surface area (Å²) in [6.07, 6.45) is 3.04. The van der Waals surface area contributed by atoms with Gasteiger partial charge in [0.2, 0.25) is 5.91 Å². The number of amides is 1. The Hall–Kier alpha value is -3.21. The minimum absolute atomic E-state index is 0.0947. The van der Waals surface area contributed by atoms with E-state index in [0.29, 0.717) is 18.7 Å². The summed E-state index contributed by atoms with van der Waals surface area (Å²) in [6.45, 7) is 5.55. The van der Waals surface area contributed by atoms with Gasteiger partial charge in [-0.1, -0.05) is 56.7 Å². The molecule has 0 aliphatic rings. The molecule has 156 valence electrons. The highest BCUT2D eigenvalue weighted by molar-refractivity contribution is 5.92. The molecule has 0 fully saturated rings. The normalized spacial score (nSPS) is 11.8. The van der Waals surface area contributed by atoms with E-state index >= 15 is 0 Å². The number of para-hydroxylation sites is 1. The van der Waals surface area contributed by atoms with E-state index in [1.807, 2.05) is 48.0 Å². The van der Waals surface area contributed by atoms with Gasteiger partial charge in [0.25, 0.3) is 0 Å². The lowest BCUT2D eigenvalue weighted by molar-refractivity contribution is -0.120. The summed E-state index contributed by atoms with van der Waals surface area (Å²) >= 11 is 0. The molecule has 1 N–H and O–H groups in total. The summed E-state index contributed by atoms with van der Waals surface area (Å²) in [7, 11) is 0. The van der Waals surface area contributed by atoms with Crippen molar-refractivity contribution in [3.05, 3.63) is 66.2 Å². The van der Waals surface area contributed by atoms with Crippen LogP contribution in [0.5, 0.6) is 0 Å². The van der Waals surface area contributed by atoms with E-state index in [1.54, 1.807) is 6.92 Å². The van der Waals surface area contributed by atoms with Crippen LogP contribution in [0.1, 0.15) is 45.6 Å². The number of benzene rings is 2. The molecule has 0 saturated carbocycles. The zero-order valence-corrected chi connectivity index (χ0v) is 17.9. The average molecular weight is 404 g/mol. The minimum atomic E-state index is -0.257. The van der Waals surface area contributed by atoms with Gasteiger partial charge in [-0.25, -0.2) is 4.68 Å². The summed E-state index contributed by atoms with van der Waals surface area (Å²) in [5.41, 5.74) is 4.19. The van der Waals surface area contributed by atoms with Crippen LogP contribution in [0.25, 0.3) is 16.9 Å². The van der Waals surface area contributed by atoms with Gasteiger partial charge < -0.3 is 10.1 Å². The van der Waals surface area contributed by atoms with E-state index < -0.39 is 0 Å². The number of Topliss-reactive ketones (excluding diaryl/α,β-unsaturated/α-hetero) is 1. The Bertz CT molecular complexity index is 1010. The zero-order valence-electron chi connectivity index (χ0n) is 17.9. The third-order valence-corrected chi connectivity index (χ3v) is 5.10. The van der Waals surface area contributed by atoms with Gasteiger partial charge in [-0.3, -0.25) is 4.79 Å². The summed E-state index contributed by atoms with van der Waals surface area (Å²) in [6, 6.07) is 20.2. The molecule has 30 heavy (non-hydrogen) atoms. The largest absolute Gasteiger partial charge is 0.309 e. The number of rotatable bonds is 9. The van der Waals surface area contributed by atoms with Crippen molar-refractivity contribution in [2.24, 2.45) is 5.92 Å². The first-order valence-electron chi connectivity index (χ1n) is 10.5. The molecule has 5 heteroatoms. The Morgan fingerprint density at radius 1 is 1.07 bits per heavy atom. The first-order valence-corrected chi connectivity index (χ1v) is 10.5. The highest BCUT2D eigenvalue weighted by Gasteiger charge is 2.18. The maximum Gasteiger partial charge on any atom is 0.228 e. The molecule has 2 aromatic carbocycles. The zero-order chi connectivity index (χ0) is 21.5. The molecule has 0 saturated heterocycles. The van der Waals surface area contributed by atoms with E-state index in [4.69, 9.17) is 0 Å². The number of aryl methyl sites for hydroxylation is 1. The molecule has 1 aromatic heterocycles. The van der Waals surface area contributed by atoms with Crippen LogP contribution >= 0.6 is 0 Å². The molecular weight excluding hydrogens is 374 g/mol. The molecule has 0 aliphatic heterocycles. The first-order chi connectivity index (χ1) is 14.5. The van der Waals surface area contributed by atoms with E-state index in [-0.39, 0.29) is 17.6 Å². The van der Waals surface area contributed by atoms with Crippen LogP contribution in [0.3, 0.4) is 0 Å². The number of ketones is 1. The fourth-order valence-electron chi connectivity index (χ4n) is 3.39. The van der Waals surface area contributed by atoms with Gasteiger partial charge >= 0.3 is 0 Å². The average Bonchev–Trinajstić information content (AvgIpc) is 3.17. The van der Waals surface area contributed by atoms with Gasteiger partial charge in [0.1, 0.15) is 5.78 Å². The quantitative estimate of drug-likeness (QED) is 0.518. The molecule has 0 spiro atoms. The Kier molecular flexibility index (Phi) is 7.17. The topological polar surface area (TPSA) is 64.0 Å². The maximum absolute atomic E-state index is 12.6. The van der Waals surface area contributed by atoms with Crippen LogP contribution in [0.2, 0.25) is 0 Å². The van der Waals surface area contributed by atoms with E-state index in [9.17, 15) is 9.59 Å². The standard InChI is InChI=1S/C25H29N3O2/c1-4-9-20-10-8-11-21(16-20)23-17-24(26-25(30)18(2)14-15-19(3)29)27-28(23)22-12-6-5-7-13-22/h5-8,10-13,16-18H,4,9,14-15H2,1-3H3,(H,26,27,30). The number of carbonyl (C=O) groups is 2. The van der Waals surface area contributed by atoms with Crippen molar-refractivity contribution in [1.82, 2.24) is 9.78 Å². The molecule has 5 nitrogen and oxygen atoms in total. The van der Waals surface area contributed by atoms with Crippen LogP contribution in [-0.2, 0) is 16.0 Å². The molecule has 0 bridgehead atoms. The van der Waals surface area contributed by atoms with Crippen LogP contribution in [0, 0.1) is 5.92 Å². The van der Waals surface area contributed by atoms with E-state index in [0.717, 1.165) is 29.8 Å². The molecule has 0 aliphatic carbocycles. The molecular formula is C25H29N3O2. The fraction of sp³-hybridized carbons (Fsp3) is 0.320. The van der Waals surface area contributed by atoms with Gasteiger partial charge in [-0.15, -0.1) is 5.10 Å². The molecule has 1 amide bonds. The van der Waals surface area contributed by atoms with E-state index in [2.05, 4.69) is 41.6 Å². The number of nitrogens with zero attached hydrogens (tertiary/aromatic N) is 2. The lowest BCUT2D eigenvalue weighted by Gasteiger charge is -2.09. The third kappa shape index (κ3) is 5.44. The predicted octanol–water partition coefficient (Wildman–Crippen LogP) is 5.44. The van der Waals surface area contributed by atoms with Crippen LogP contribution in [-0.4, -0.2) is 21.5 Å². The Morgan fingerprint density at radius 3 is 2.53 bits per heavy atom. The van der Waals surface area contributed by atoms with Crippen molar-refractivity contribution in [3.8, 4) is 16.9 Å². The number of hydrogen-bond acceptors (Lipinski definition) is 3. The molecule has 0 radical (unpaired) electrons. The predicted molar refractivity (Wildman–Crippen MR) is 121 cm³/mol. The summed E-state index contributed by atoms with van der Waals surface area (Å²) in [4.78, 5) is 23.8. The number of hydrogen-bond donors (Lipinski definition) is 1. The smallest absolute Gasteiger partial charge is 0.228 e. The lowest BCUT2D eigenvalue weighted by Crippen LogP contribution is -2.21. The molecule has 1 heterocycles. The molecule has 1 atom stereocenters. The summed E-state index contributed by atoms with van der Waals surface area (Å²) in [5, 5.41) is 7.59. The van der Waals surface area contributed by atoms with Crippen molar-refractivity contribution in [2.75, 3.05) is 5.32 Å². The third-order valence-electron chi connectivity index (χ3n) is 5.10. The van der Waals surface area contributed by atoms with Crippen molar-refractivity contribution in [2.45, 2.75) is 46.5 Å². The molecule has 1 unspecified atom stereocenters. The Labute approximate surface area is 178 Å². The van der Waals surface area contributed by atoms with Gasteiger partial charge in [-0.05, 0) is 43.5 Å². The van der Waals surface area contributed by atoms with Crippen LogP contribution in [0.4, 0.5) is 5.82 Å². The highest BCUT2D eigenvalue weighted by atomic mass is 16.2. The van der Waals surface area contributed by atoms with Gasteiger partial charge in [0.15, 0.2) is 5.82 Å². The number of nitrogens with one attached hydrogen (secondary N) is 1. The summed E-state index contributed by atoms with van der Waals surface area (Å²) < 4.78 is 1.86. The van der Waals surface area contributed by atoms with Gasteiger partial charge in [0, 0.05) is 24.0 Å². The van der Waals surface area contributed by atoms with Crippen LogP contribution in [0.15, 0.2) is 60.7 Å². The second-order valence-electron chi connectivity index (χ2n) is 7.74. The van der Waals surface area contributed by atoms with Gasteiger partial charge in [-0.2, -0.15) is 0 Å². The minimum Gasteiger partial charge on any atom is -0.309 e. The Balaban J connectivity index is 1.92. The number of carbonyl (C=O) groups excluding carboxylic acids is 2. The SMILES string of the molecule is CCCc1cccc(-c2cc(NC(=O)C(C)CCC(C)=O)nn2-c2ccccc2)c1. The fourth-order valence-corrected chi connectivity index (χ4v) is 3.39. The Morgan fingerprint density at radius 2 is 1.83 bits per heavy atom. The monoisotopic (exact) mass is 403 g/mol. The van der Waals surface area contributed by atoms with Crippen molar-refractivity contribution < 1.29 is 9.59 Å². The number of aromatic nitrogens is 2. The first kappa shape index (κ1) is 21.5.